The maximum absolute atomic E-state index is 13.2. The van der Waals surface area contributed by atoms with Gasteiger partial charge in [0.1, 0.15) is 29.9 Å². The number of carboxylic acid groups (broad SMARTS) is 1. The largest absolute Gasteiger partial charge is 0.724 e. The van der Waals surface area contributed by atoms with Gasteiger partial charge in [0.25, 0.3) is 17.9 Å². The van der Waals surface area contributed by atoms with Crippen molar-refractivity contribution in [3.05, 3.63) is 41.4 Å². The van der Waals surface area contributed by atoms with Gasteiger partial charge in [0, 0.05) is 10.8 Å². The van der Waals surface area contributed by atoms with Crippen molar-refractivity contribution in [2.24, 2.45) is 5.16 Å². The first-order chi connectivity index (χ1) is 21.8. The zero-order valence-electron chi connectivity index (χ0n) is 26.0. The number of fused-ring (bicyclic) bond motifs is 1. The highest BCUT2D eigenvalue weighted by Crippen LogP contribution is 2.33. The van der Waals surface area contributed by atoms with Crippen molar-refractivity contribution in [3.8, 4) is 5.75 Å². The third kappa shape index (κ3) is 9.01. The van der Waals surface area contributed by atoms with E-state index in [-0.39, 0.29) is 10.8 Å². The van der Waals surface area contributed by atoms with Crippen molar-refractivity contribution in [1.29, 1.82) is 0 Å². The number of thiazole rings is 1. The molecule has 1 fully saturated rings. The van der Waals surface area contributed by atoms with E-state index in [1.54, 1.807) is 18.2 Å². The summed E-state index contributed by atoms with van der Waals surface area (Å²) in [5.74, 6) is -2.49. The first-order valence-electron chi connectivity index (χ1n) is 13.9. The van der Waals surface area contributed by atoms with Crippen LogP contribution >= 0.6 is 11.3 Å². The lowest BCUT2D eigenvalue weighted by Crippen LogP contribution is -2.76. The Morgan fingerprint density at radius 1 is 1.23 bits per heavy atom. The maximum atomic E-state index is 13.2. The van der Waals surface area contributed by atoms with Crippen LogP contribution in [0.2, 0.25) is 0 Å². The standard InChI is InChI=1S/C27H34N8O10S2/c1-27(2)22(24(37)34(27)45-47(40,41)42)32-23(36)21(18-14-46-26(28)31-18)33-44-19(25(38)39)13-43-16-7-8-17-15(12-16)6-9-20(30-17)29-10-11-35(3,4)5/h6-9,12,14,19,22H,10-11,13H2,1-5H3,(H5-,28,29,30,31,32,36,38,39,40,41,42)/b33-21-/t19-,22+/m0/s1. The molecule has 2 atom stereocenters. The van der Waals surface area contributed by atoms with Crippen LogP contribution in [0.4, 0.5) is 10.9 Å². The predicted octanol–water partition coefficient (Wildman–Crippen LogP) is 0.142. The Kier molecular flexibility index (Phi) is 10.2. The number of hydrogen-bond donors (Lipinski definition) is 4. The minimum atomic E-state index is -5.27. The second-order valence-electron chi connectivity index (χ2n) is 11.9. The molecule has 1 saturated heterocycles. The van der Waals surface area contributed by atoms with Gasteiger partial charge in [0.15, 0.2) is 10.8 Å². The number of hydroxylamine groups is 2. The highest BCUT2D eigenvalue weighted by molar-refractivity contribution is 7.80. The molecule has 47 heavy (non-hydrogen) atoms. The molecule has 0 unspecified atom stereocenters. The fourth-order valence-electron chi connectivity index (χ4n) is 4.26. The summed E-state index contributed by atoms with van der Waals surface area (Å²) in [4.78, 5) is 51.4. The Labute approximate surface area is 273 Å². The number of rotatable bonds is 15. The van der Waals surface area contributed by atoms with E-state index in [9.17, 15) is 32.5 Å². The highest BCUT2D eigenvalue weighted by atomic mass is 32.3. The van der Waals surface area contributed by atoms with E-state index >= 15 is 0 Å². The van der Waals surface area contributed by atoms with Crippen molar-refractivity contribution in [1.82, 2.24) is 20.3 Å². The van der Waals surface area contributed by atoms with E-state index in [1.165, 1.54) is 19.2 Å². The number of ether oxygens (including phenoxy) is 1. The Morgan fingerprint density at radius 2 is 1.96 bits per heavy atom. The number of aliphatic carboxylic acids is 1. The number of carboxylic acids is 1. The summed E-state index contributed by atoms with van der Waals surface area (Å²) in [5, 5.41) is 21.6. The smallest absolute Gasteiger partial charge is 0.351 e. The lowest BCUT2D eigenvalue weighted by Gasteiger charge is -2.51. The van der Waals surface area contributed by atoms with Crippen molar-refractivity contribution < 1.29 is 50.8 Å². The van der Waals surface area contributed by atoms with Crippen LogP contribution < -0.4 is 21.1 Å². The molecule has 20 heteroatoms. The fraction of sp³-hybridized carbons (Fsp3) is 0.407. The van der Waals surface area contributed by atoms with E-state index in [1.807, 2.05) is 12.1 Å². The van der Waals surface area contributed by atoms with Crippen molar-refractivity contribution in [2.75, 3.05) is 51.9 Å². The van der Waals surface area contributed by atoms with Crippen molar-refractivity contribution in [2.45, 2.75) is 31.5 Å². The molecule has 2 aromatic heterocycles. The number of anilines is 2. The molecule has 0 spiro atoms. The van der Waals surface area contributed by atoms with Gasteiger partial charge in [-0.25, -0.2) is 23.2 Å². The number of β-lactam (4-membered cyclic amide) rings is 1. The van der Waals surface area contributed by atoms with E-state index in [4.69, 9.17) is 15.3 Å². The van der Waals surface area contributed by atoms with Gasteiger partial charge < -0.3 is 40.1 Å². The first-order valence-corrected chi connectivity index (χ1v) is 16.1. The summed E-state index contributed by atoms with van der Waals surface area (Å²) in [6.45, 7) is 3.80. The molecule has 1 aromatic carbocycles. The fourth-order valence-corrected chi connectivity index (χ4v) is 5.26. The molecule has 0 saturated carbocycles. The Morgan fingerprint density at radius 3 is 2.55 bits per heavy atom. The highest BCUT2D eigenvalue weighted by Gasteiger charge is 2.57. The second-order valence-corrected chi connectivity index (χ2v) is 13.8. The van der Waals surface area contributed by atoms with Gasteiger partial charge in [-0.2, -0.15) is 9.35 Å². The average molecular weight is 695 g/mol. The van der Waals surface area contributed by atoms with Crippen LogP contribution in [0.1, 0.15) is 19.5 Å². The number of nitrogens with zero attached hydrogens (tertiary/aromatic N) is 5. The SMILES string of the molecule is CC1(C)[C@H](NC(=O)/C(=N\O[C@@H](COc2ccc3nc(NCC[N+](C)(C)C)ccc3c2)C(=O)O)c2csc(N)n2)C(=O)N1OS(=O)(=O)[O-]. The van der Waals surface area contributed by atoms with Crippen LogP contribution in [0.5, 0.6) is 5.75 Å². The molecular weight excluding hydrogens is 660 g/mol. The predicted molar refractivity (Wildman–Crippen MR) is 168 cm³/mol. The number of benzene rings is 1. The molecule has 0 bridgehead atoms. The van der Waals surface area contributed by atoms with Crippen molar-refractivity contribution in [3.63, 3.8) is 0 Å². The number of pyridine rings is 1. The Balaban J connectivity index is 1.45. The number of nitrogens with two attached hydrogens (primary N) is 1. The number of carbonyl (C=O) groups excluding carboxylic acids is 2. The molecule has 3 heterocycles. The number of likely N-dealkylation sites (N-methyl/N-ethyl adjacent to an activating group) is 1. The van der Waals surface area contributed by atoms with Crippen LogP contribution in [-0.4, -0.2) is 120 Å². The van der Waals surface area contributed by atoms with E-state index in [0.29, 0.717) is 22.1 Å². The molecule has 5 N–H and O–H groups in total. The topological polar surface area (TPSA) is 248 Å². The third-order valence-electron chi connectivity index (χ3n) is 6.80. The monoisotopic (exact) mass is 694 g/mol. The lowest BCUT2D eigenvalue weighted by atomic mass is 9.84. The Bertz CT molecular complexity index is 1810. The summed E-state index contributed by atoms with van der Waals surface area (Å²) in [6.07, 6.45) is -1.69. The van der Waals surface area contributed by atoms with Gasteiger partial charge in [-0.3, -0.25) is 9.59 Å². The molecule has 2 amide bonds. The number of hydrogen-bond acceptors (Lipinski definition) is 15. The summed E-state index contributed by atoms with van der Waals surface area (Å²) < 4.78 is 43.6. The van der Waals surface area contributed by atoms with Gasteiger partial charge in [-0.1, -0.05) is 5.16 Å². The summed E-state index contributed by atoms with van der Waals surface area (Å²) in [6, 6.07) is 7.34. The van der Waals surface area contributed by atoms with Crippen LogP contribution in [0, 0.1) is 0 Å². The van der Waals surface area contributed by atoms with Gasteiger partial charge in [-0.15, -0.1) is 11.3 Å². The minimum Gasteiger partial charge on any atom is -0.724 e. The van der Waals surface area contributed by atoms with Crippen LogP contribution in [0.3, 0.4) is 0 Å². The quantitative estimate of drug-likeness (QED) is 0.0413. The molecular formula is C27H34N8O10S2. The van der Waals surface area contributed by atoms with Gasteiger partial charge in [0.2, 0.25) is 10.4 Å². The molecule has 254 valence electrons. The molecule has 1 aliphatic heterocycles. The Hall–Kier alpha value is -4.63. The van der Waals surface area contributed by atoms with Crippen LogP contribution in [0.15, 0.2) is 40.9 Å². The van der Waals surface area contributed by atoms with Gasteiger partial charge in [-0.05, 0) is 44.2 Å². The van der Waals surface area contributed by atoms with E-state index < -0.39 is 58.2 Å². The number of carbonyl (C=O) groups is 3. The molecule has 0 radical (unpaired) electrons. The number of amides is 2. The van der Waals surface area contributed by atoms with Crippen molar-refractivity contribution >= 4 is 67.1 Å². The molecule has 1 aliphatic rings. The number of nitrogen functional groups attached to an aromatic ring is 1. The van der Waals surface area contributed by atoms with Crippen LogP contribution in [0.25, 0.3) is 10.9 Å². The summed E-state index contributed by atoms with van der Waals surface area (Å²) in [5.41, 5.74) is 4.29. The number of quaternary nitrogens is 1. The van der Waals surface area contributed by atoms with Crippen LogP contribution in [-0.2, 0) is 33.9 Å². The summed E-state index contributed by atoms with van der Waals surface area (Å²) in [7, 11) is 1.02. The third-order valence-corrected chi connectivity index (χ3v) is 7.80. The summed E-state index contributed by atoms with van der Waals surface area (Å²) >= 11 is 0.953. The lowest BCUT2D eigenvalue weighted by molar-refractivity contribution is -0.868. The zero-order valence-corrected chi connectivity index (χ0v) is 27.6. The molecule has 18 nitrogen and oxygen atoms in total. The zero-order chi connectivity index (χ0) is 34.7. The average Bonchev–Trinajstić information content (AvgIpc) is 3.40. The molecule has 0 aliphatic carbocycles. The van der Waals surface area contributed by atoms with E-state index in [0.717, 1.165) is 34.3 Å². The maximum Gasteiger partial charge on any atom is 0.351 e. The first kappa shape index (κ1) is 35.2. The minimum absolute atomic E-state index is 0.0525. The number of oxime groups is 1. The normalized spacial score (nSPS) is 17.1. The van der Waals surface area contributed by atoms with Gasteiger partial charge in [0.05, 0.1) is 45.3 Å². The number of nitrogens with one attached hydrogen (secondary N) is 2. The molecule has 4 rings (SSSR count). The molecule has 3 aromatic rings. The second kappa shape index (κ2) is 13.6. The van der Waals surface area contributed by atoms with Gasteiger partial charge >= 0.3 is 5.97 Å². The number of aromatic nitrogens is 2. The van der Waals surface area contributed by atoms with E-state index in [2.05, 4.69) is 51.2 Å².